The van der Waals surface area contributed by atoms with E-state index in [1.54, 1.807) is 0 Å². The summed E-state index contributed by atoms with van der Waals surface area (Å²) in [4.78, 5) is 25.0. The maximum absolute atomic E-state index is 13.5. The minimum absolute atomic E-state index is 0. The molecular weight excluding hydrogens is 869 g/mol. The summed E-state index contributed by atoms with van der Waals surface area (Å²) in [6, 6.07) is 18.7. The number of azo groups is 2. The number of rotatable bonds is 10. The fourth-order valence-electron chi connectivity index (χ4n) is 5.33. The van der Waals surface area contributed by atoms with Crippen LogP contribution in [-0.2, 0) is 20.2 Å². The summed E-state index contributed by atoms with van der Waals surface area (Å²) < 4.78 is 68.4. The first-order valence-corrected chi connectivity index (χ1v) is 18.3. The van der Waals surface area contributed by atoms with Crippen molar-refractivity contribution in [3.05, 3.63) is 108 Å². The van der Waals surface area contributed by atoms with Gasteiger partial charge in [-0.25, -0.2) is 0 Å². The molecule has 4 N–H and O–H groups in total. The first-order chi connectivity index (χ1) is 26.4. The van der Waals surface area contributed by atoms with Gasteiger partial charge in [0.25, 0.3) is 26.3 Å². The Balaban J connectivity index is 0.00000310. The van der Waals surface area contributed by atoms with Crippen molar-refractivity contribution in [1.82, 2.24) is 0 Å². The molecule has 0 fully saturated rings. The van der Waals surface area contributed by atoms with Crippen LogP contribution in [0.2, 0.25) is 0 Å². The number of carbonyl (C=O) groups excluding carboxylic acids is 2. The van der Waals surface area contributed by atoms with Crippen molar-refractivity contribution in [2.24, 2.45) is 25.4 Å². The van der Waals surface area contributed by atoms with Crippen molar-refractivity contribution < 1.29 is 179 Å². The smallest absolute Gasteiger partial charge is 0.871 e. The van der Waals surface area contributed by atoms with Crippen molar-refractivity contribution in [2.45, 2.75) is 9.79 Å². The standard InChI is InChI=1S/C35H24N6O13S2.4Na/c42-31-23-15-19(11-9-17(23)13-27(55(49,50)51)29(31)40-38-25-7-3-1-5-21(25)33(44)45)36-35(48)37-20-12-10-18-14-28(56(52,53)54)30(32(43)24(18)16-20)41-39-26-8-4-2-6-22(26)34(46)47;;;;/h1-16,42-43H,(H,44,45)(H,46,47)(H2,36,37,48)(H,49,50,51)(H,52,53,54);;;;/q;4*+1/p-4. The second-order valence-electron chi connectivity index (χ2n) is 11.5. The van der Waals surface area contributed by atoms with Crippen LogP contribution < -0.4 is 144 Å². The van der Waals surface area contributed by atoms with Gasteiger partial charge in [0.1, 0.15) is 9.79 Å². The number of hydrogen-bond acceptors (Lipinski definition) is 15. The van der Waals surface area contributed by atoms with E-state index in [0.717, 1.165) is 30.3 Å². The second-order valence-corrected chi connectivity index (χ2v) is 14.2. The molecule has 0 radical (unpaired) electrons. The van der Waals surface area contributed by atoms with Gasteiger partial charge >= 0.3 is 118 Å². The topological polar surface area (TPSA) is 329 Å². The van der Waals surface area contributed by atoms with Crippen molar-refractivity contribution in [3.63, 3.8) is 0 Å². The quantitative estimate of drug-likeness (QED) is 0.0327. The van der Waals surface area contributed by atoms with Crippen LogP contribution >= 0.6 is 0 Å². The van der Waals surface area contributed by atoms with Crippen molar-refractivity contribution >= 4 is 93.9 Å². The molecule has 0 aliphatic rings. The monoisotopic (exact) mass is 888 g/mol. The van der Waals surface area contributed by atoms with Gasteiger partial charge in [-0.15, -0.1) is 20.5 Å². The van der Waals surface area contributed by atoms with E-state index in [9.17, 15) is 61.1 Å². The predicted molar refractivity (Wildman–Crippen MR) is 190 cm³/mol. The van der Waals surface area contributed by atoms with Gasteiger partial charge in [0.2, 0.25) is 0 Å². The molecule has 6 aromatic rings. The van der Waals surface area contributed by atoms with Crippen LogP contribution in [0.1, 0.15) is 20.7 Å². The van der Waals surface area contributed by atoms with Gasteiger partial charge in [-0.05, 0) is 70.1 Å². The Hall–Kier alpha value is -3.33. The van der Waals surface area contributed by atoms with Crippen molar-refractivity contribution in [1.29, 1.82) is 0 Å². The van der Waals surface area contributed by atoms with Crippen LogP contribution in [0.4, 0.5) is 34.1 Å². The van der Waals surface area contributed by atoms with Crippen LogP contribution in [-0.4, -0.2) is 49.0 Å². The van der Waals surface area contributed by atoms with Gasteiger partial charge in [-0.1, -0.05) is 60.0 Å². The largest absolute Gasteiger partial charge is 1.00 e. The maximum atomic E-state index is 13.5. The van der Waals surface area contributed by atoms with Crippen LogP contribution in [0.5, 0.6) is 11.5 Å². The van der Waals surface area contributed by atoms with Crippen molar-refractivity contribution in [3.8, 4) is 11.5 Å². The summed E-state index contributed by atoms with van der Waals surface area (Å²) in [6.07, 6.45) is 0. The van der Waals surface area contributed by atoms with Crippen LogP contribution in [0.15, 0.2) is 132 Å². The second kappa shape index (κ2) is 21.6. The van der Waals surface area contributed by atoms with Gasteiger partial charge in [0.05, 0.1) is 40.4 Å². The molecule has 284 valence electrons. The molecule has 0 aromatic heterocycles. The Morgan fingerprint density at radius 1 is 0.567 bits per heavy atom. The number of aromatic carboxylic acids is 2. The van der Waals surface area contributed by atoms with Gasteiger partial charge in [-0.2, -0.15) is 21.8 Å². The molecule has 25 heteroatoms. The van der Waals surface area contributed by atoms with Crippen LogP contribution in [0.25, 0.3) is 21.5 Å². The van der Waals surface area contributed by atoms with Crippen LogP contribution in [0.3, 0.4) is 0 Å². The number of carboxylic acid groups (broad SMARTS) is 2. The third kappa shape index (κ3) is 12.0. The zero-order valence-electron chi connectivity index (χ0n) is 31.7. The molecule has 0 bridgehead atoms. The number of aliphatic imine (C=N–C) groups is 1. The minimum atomic E-state index is -5.05. The minimum Gasteiger partial charge on any atom is -0.871 e. The summed E-state index contributed by atoms with van der Waals surface area (Å²) in [5, 5.41) is 77.4. The number of benzene rings is 6. The average Bonchev–Trinajstić information content (AvgIpc) is 3.13. The van der Waals surface area contributed by atoms with E-state index in [4.69, 9.17) is 0 Å². The molecule has 0 saturated heterocycles. The molecule has 0 saturated carbocycles. The fourth-order valence-corrected chi connectivity index (χ4v) is 6.64. The Kier molecular flexibility index (Phi) is 19.1. The molecule has 0 amide bonds. The number of aliphatic hydroxyl groups is 1. The molecule has 0 spiro atoms. The van der Waals surface area contributed by atoms with Crippen molar-refractivity contribution in [2.75, 3.05) is 5.32 Å². The first kappa shape index (κ1) is 52.8. The Morgan fingerprint density at radius 3 is 1.42 bits per heavy atom. The Labute approximate surface area is 428 Å². The molecule has 0 aliphatic carbocycles. The molecule has 60 heavy (non-hydrogen) atoms. The van der Waals surface area contributed by atoms with Gasteiger partial charge in [0.15, 0.2) is 0 Å². The number of nitrogens with zero attached hydrogens (tertiary/aromatic N) is 5. The molecule has 0 atom stereocenters. The Bertz CT molecular complexity index is 2970. The molecule has 6 aromatic carbocycles. The van der Waals surface area contributed by atoms with E-state index in [2.05, 4.69) is 30.8 Å². The Morgan fingerprint density at radius 2 is 0.983 bits per heavy atom. The summed E-state index contributed by atoms with van der Waals surface area (Å²) >= 11 is 0. The van der Waals surface area contributed by atoms with E-state index < -0.39 is 82.0 Å². The summed E-state index contributed by atoms with van der Waals surface area (Å²) in [5.41, 5.74) is -3.16. The third-order valence-electron chi connectivity index (χ3n) is 7.86. The average molecular weight is 889 g/mol. The van der Waals surface area contributed by atoms with E-state index in [-0.39, 0.29) is 163 Å². The van der Waals surface area contributed by atoms with E-state index in [1.165, 1.54) is 66.7 Å². The number of hydrogen-bond donors (Lipinski definition) is 4. The summed E-state index contributed by atoms with van der Waals surface area (Å²) in [5.74, 6) is -5.36. The number of carbonyl (C=O) groups is 2. The number of anilines is 1. The zero-order chi connectivity index (χ0) is 40.5. The van der Waals surface area contributed by atoms with E-state index in [0.29, 0.717) is 0 Å². The predicted octanol–water partition coefficient (Wildman–Crippen LogP) is -8.14. The van der Waals surface area contributed by atoms with Gasteiger partial charge in [-0.3, -0.25) is 9.11 Å². The molecule has 6 rings (SSSR count). The van der Waals surface area contributed by atoms with Gasteiger partial charge < -0.3 is 40.4 Å². The van der Waals surface area contributed by atoms with Gasteiger partial charge in [0, 0.05) is 16.8 Å². The molecule has 0 unspecified atom stereocenters. The number of nitrogens with one attached hydrogen (secondary N) is 1. The van der Waals surface area contributed by atoms with Crippen LogP contribution in [0, 0.1) is 0 Å². The first-order valence-electron chi connectivity index (χ1n) is 15.4. The summed E-state index contributed by atoms with van der Waals surface area (Å²) in [6.45, 7) is 0. The fraction of sp³-hybridized carbons (Fsp3) is 0. The van der Waals surface area contributed by atoms with E-state index >= 15 is 0 Å². The van der Waals surface area contributed by atoms with E-state index in [1.807, 2.05) is 0 Å². The SMILES string of the molecule is O=C([O-])c1ccccc1N=Nc1c(S(=O)(=O)O)cc2ccc(N=C(O)Nc3ccc4cc(S(=O)(=O)O)c(N=Nc5ccccc5C(=O)[O-])c([O-])c4c3)cc2c1[O-].[Na+].[Na+].[Na+].[Na+]. The third-order valence-corrected chi connectivity index (χ3v) is 9.59. The summed E-state index contributed by atoms with van der Waals surface area (Å²) in [7, 11) is -10.1. The number of carboxylic acids is 2. The maximum Gasteiger partial charge on any atom is 1.00 e. The number of aliphatic hydroxyl groups excluding tert-OH is 1. The zero-order valence-corrected chi connectivity index (χ0v) is 41.3. The molecule has 0 heterocycles. The molecular formula is C35H20N6Na4O13S2. The number of fused-ring (bicyclic) bond motifs is 2. The normalized spacial score (nSPS) is 11.7. The number of amidine groups is 1. The molecule has 19 nitrogen and oxygen atoms in total. The molecule has 0 aliphatic heterocycles.